The Hall–Kier alpha value is -2.94. The van der Waals surface area contributed by atoms with E-state index < -0.39 is 35.5 Å². The van der Waals surface area contributed by atoms with Gasteiger partial charge in [-0.2, -0.15) is 13.2 Å². The molecule has 3 N–H and O–H groups in total. The van der Waals surface area contributed by atoms with Crippen molar-refractivity contribution in [2.24, 2.45) is 0 Å². The standard InChI is InChI=1S/C17H14F4N2O3/c18-12-2-1-3-13(8-12)23-16(26)15(25)22-9-14(24)10-4-6-11(7-5-10)17(19,20)21/h1-8,14,24H,9H2,(H,22,25)(H,23,26). The lowest BCUT2D eigenvalue weighted by Gasteiger charge is -2.13. The van der Waals surface area contributed by atoms with E-state index in [0.29, 0.717) is 0 Å². The van der Waals surface area contributed by atoms with E-state index in [-0.39, 0.29) is 17.8 Å². The number of carbonyl (C=O) groups excluding carboxylic acids is 2. The molecule has 0 radical (unpaired) electrons. The van der Waals surface area contributed by atoms with E-state index >= 15 is 0 Å². The van der Waals surface area contributed by atoms with Gasteiger partial charge in [0.2, 0.25) is 0 Å². The van der Waals surface area contributed by atoms with Crippen molar-refractivity contribution < 1.29 is 32.3 Å². The summed E-state index contributed by atoms with van der Waals surface area (Å²) in [6.07, 6.45) is -5.80. The molecule has 1 atom stereocenters. The van der Waals surface area contributed by atoms with Gasteiger partial charge in [0.25, 0.3) is 0 Å². The van der Waals surface area contributed by atoms with Crippen LogP contribution in [0, 0.1) is 5.82 Å². The van der Waals surface area contributed by atoms with Gasteiger partial charge in [-0.25, -0.2) is 4.39 Å². The number of anilines is 1. The molecule has 0 aliphatic rings. The Kier molecular flexibility index (Phi) is 5.93. The van der Waals surface area contributed by atoms with Gasteiger partial charge < -0.3 is 15.7 Å². The molecule has 0 saturated heterocycles. The Morgan fingerprint density at radius 3 is 2.27 bits per heavy atom. The van der Waals surface area contributed by atoms with E-state index in [0.717, 1.165) is 36.4 Å². The lowest BCUT2D eigenvalue weighted by atomic mass is 10.1. The second-order valence-corrected chi connectivity index (χ2v) is 5.31. The fourth-order valence-electron chi connectivity index (χ4n) is 2.04. The van der Waals surface area contributed by atoms with Crippen molar-refractivity contribution in [3.63, 3.8) is 0 Å². The molecule has 0 aromatic heterocycles. The number of amides is 2. The van der Waals surface area contributed by atoms with Crippen LogP contribution < -0.4 is 10.6 Å². The highest BCUT2D eigenvalue weighted by molar-refractivity contribution is 6.39. The van der Waals surface area contributed by atoms with Crippen molar-refractivity contribution in [1.82, 2.24) is 5.32 Å². The molecule has 0 heterocycles. The van der Waals surface area contributed by atoms with Gasteiger partial charge in [0.05, 0.1) is 11.7 Å². The third-order valence-electron chi connectivity index (χ3n) is 3.37. The monoisotopic (exact) mass is 370 g/mol. The molecule has 138 valence electrons. The molecule has 2 rings (SSSR count). The third kappa shape index (κ3) is 5.28. The van der Waals surface area contributed by atoms with Gasteiger partial charge in [-0.05, 0) is 35.9 Å². The number of benzene rings is 2. The summed E-state index contributed by atoms with van der Waals surface area (Å²) in [7, 11) is 0. The Labute approximate surface area is 145 Å². The maximum atomic E-state index is 13.0. The van der Waals surface area contributed by atoms with Crippen LogP contribution in [0.3, 0.4) is 0 Å². The highest BCUT2D eigenvalue weighted by Gasteiger charge is 2.30. The maximum Gasteiger partial charge on any atom is 0.416 e. The topological polar surface area (TPSA) is 78.4 Å². The minimum absolute atomic E-state index is 0.0773. The molecule has 26 heavy (non-hydrogen) atoms. The fourth-order valence-corrected chi connectivity index (χ4v) is 2.04. The highest BCUT2D eigenvalue weighted by Crippen LogP contribution is 2.29. The molecule has 2 aromatic rings. The van der Waals surface area contributed by atoms with Gasteiger partial charge in [-0.1, -0.05) is 18.2 Å². The first kappa shape index (κ1) is 19.4. The summed E-state index contributed by atoms with van der Waals surface area (Å²) >= 11 is 0. The van der Waals surface area contributed by atoms with Gasteiger partial charge >= 0.3 is 18.0 Å². The summed E-state index contributed by atoms with van der Waals surface area (Å²) < 4.78 is 50.4. The second-order valence-electron chi connectivity index (χ2n) is 5.31. The lowest BCUT2D eigenvalue weighted by Crippen LogP contribution is -2.37. The first-order valence-electron chi connectivity index (χ1n) is 7.37. The number of nitrogens with one attached hydrogen (secondary N) is 2. The average molecular weight is 370 g/mol. The minimum atomic E-state index is -4.49. The first-order chi connectivity index (χ1) is 12.2. The van der Waals surface area contributed by atoms with E-state index in [1.807, 2.05) is 0 Å². The molecule has 2 amide bonds. The van der Waals surface area contributed by atoms with Crippen molar-refractivity contribution in [2.75, 3.05) is 11.9 Å². The lowest BCUT2D eigenvalue weighted by molar-refractivity contribution is -0.137. The van der Waals surface area contributed by atoms with Crippen molar-refractivity contribution in [3.8, 4) is 0 Å². The molecule has 1 unspecified atom stereocenters. The highest BCUT2D eigenvalue weighted by atomic mass is 19.4. The summed E-state index contributed by atoms with van der Waals surface area (Å²) in [4.78, 5) is 23.4. The molecule has 0 saturated carbocycles. The molecule has 0 spiro atoms. The van der Waals surface area contributed by atoms with E-state index in [2.05, 4.69) is 10.6 Å². The second kappa shape index (κ2) is 7.96. The normalized spacial score (nSPS) is 12.3. The molecule has 0 aliphatic carbocycles. The molecular formula is C17H14F4N2O3. The summed E-state index contributed by atoms with van der Waals surface area (Å²) in [5.41, 5.74) is -0.649. The van der Waals surface area contributed by atoms with Crippen LogP contribution in [-0.2, 0) is 15.8 Å². The molecule has 0 aliphatic heterocycles. The number of aliphatic hydroxyl groups is 1. The zero-order valence-electron chi connectivity index (χ0n) is 13.2. The van der Waals surface area contributed by atoms with Crippen LogP contribution >= 0.6 is 0 Å². The molecule has 5 nitrogen and oxygen atoms in total. The maximum absolute atomic E-state index is 13.0. The largest absolute Gasteiger partial charge is 0.416 e. The van der Waals surface area contributed by atoms with Crippen LogP contribution in [-0.4, -0.2) is 23.5 Å². The number of alkyl halides is 3. The minimum Gasteiger partial charge on any atom is -0.387 e. The quantitative estimate of drug-likeness (QED) is 0.572. The molecule has 2 aromatic carbocycles. The summed E-state index contributed by atoms with van der Waals surface area (Å²) in [6, 6.07) is 8.66. The Balaban J connectivity index is 1.88. The first-order valence-corrected chi connectivity index (χ1v) is 7.37. The summed E-state index contributed by atoms with van der Waals surface area (Å²) in [5.74, 6) is -2.75. The fraction of sp³-hybridized carbons (Fsp3) is 0.176. The number of halogens is 4. The summed E-state index contributed by atoms with van der Waals surface area (Å²) in [6.45, 7) is -0.388. The van der Waals surface area contributed by atoms with Gasteiger partial charge in [-0.15, -0.1) is 0 Å². The predicted octanol–water partition coefficient (Wildman–Crippen LogP) is 2.63. The third-order valence-corrected chi connectivity index (χ3v) is 3.37. The van der Waals surface area contributed by atoms with Gasteiger partial charge in [-0.3, -0.25) is 9.59 Å². The van der Waals surface area contributed by atoms with Crippen LogP contribution in [0.2, 0.25) is 0 Å². The zero-order chi connectivity index (χ0) is 19.3. The average Bonchev–Trinajstić information content (AvgIpc) is 2.58. The Morgan fingerprint density at radius 1 is 1.04 bits per heavy atom. The zero-order valence-corrected chi connectivity index (χ0v) is 13.2. The van der Waals surface area contributed by atoms with Gasteiger partial charge in [0.15, 0.2) is 0 Å². The van der Waals surface area contributed by atoms with Crippen LogP contribution in [0.5, 0.6) is 0 Å². The van der Waals surface area contributed by atoms with E-state index in [1.165, 1.54) is 12.1 Å². The number of hydrogen-bond acceptors (Lipinski definition) is 3. The SMILES string of the molecule is O=C(NCC(O)c1ccc(C(F)(F)F)cc1)C(=O)Nc1cccc(F)c1. The van der Waals surface area contributed by atoms with E-state index in [1.54, 1.807) is 0 Å². The smallest absolute Gasteiger partial charge is 0.387 e. The molecular weight excluding hydrogens is 356 g/mol. The van der Waals surface area contributed by atoms with Crippen molar-refractivity contribution in [1.29, 1.82) is 0 Å². The van der Waals surface area contributed by atoms with Gasteiger partial charge in [0, 0.05) is 12.2 Å². The number of aliphatic hydroxyl groups excluding tert-OH is 1. The van der Waals surface area contributed by atoms with Crippen LogP contribution in [0.4, 0.5) is 23.2 Å². The van der Waals surface area contributed by atoms with Crippen LogP contribution in [0.1, 0.15) is 17.2 Å². The van der Waals surface area contributed by atoms with Crippen molar-refractivity contribution in [2.45, 2.75) is 12.3 Å². The van der Waals surface area contributed by atoms with E-state index in [4.69, 9.17) is 0 Å². The molecule has 0 bridgehead atoms. The van der Waals surface area contributed by atoms with Crippen molar-refractivity contribution in [3.05, 3.63) is 65.5 Å². The van der Waals surface area contributed by atoms with Gasteiger partial charge in [0.1, 0.15) is 5.82 Å². The summed E-state index contributed by atoms with van der Waals surface area (Å²) in [5, 5.41) is 14.2. The van der Waals surface area contributed by atoms with E-state index in [9.17, 15) is 32.3 Å². The number of rotatable bonds is 4. The van der Waals surface area contributed by atoms with Crippen LogP contribution in [0.15, 0.2) is 48.5 Å². The molecule has 0 fully saturated rings. The Morgan fingerprint density at radius 2 is 1.69 bits per heavy atom. The van der Waals surface area contributed by atoms with Crippen molar-refractivity contribution >= 4 is 17.5 Å². The number of hydrogen-bond donors (Lipinski definition) is 3. The van der Waals surface area contributed by atoms with Crippen LogP contribution in [0.25, 0.3) is 0 Å². The predicted molar refractivity (Wildman–Crippen MR) is 84.4 cm³/mol. The molecule has 9 heteroatoms. The number of carbonyl (C=O) groups is 2. The Bertz CT molecular complexity index is 791.